The first kappa shape index (κ1) is 12.1. The molecule has 1 aliphatic rings. The lowest BCUT2D eigenvalue weighted by Gasteiger charge is -2.30. The zero-order valence-electron chi connectivity index (χ0n) is 10.2. The van der Waals surface area contributed by atoms with Crippen molar-refractivity contribution in [2.45, 2.75) is 32.3 Å². The van der Waals surface area contributed by atoms with Crippen molar-refractivity contribution in [2.75, 3.05) is 13.1 Å². The predicted molar refractivity (Wildman–Crippen MR) is 66.7 cm³/mol. The van der Waals surface area contributed by atoms with E-state index in [1.54, 1.807) is 4.90 Å². The molecule has 0 aromatic heterocycles. The number of likely N-dealkylation sites (tertiary alicyclic amines) is 1. The van der Waals surface area contributed by atoms with Gasteiger partial charge in [-0.25, -0.2) is 0 Å². The number of amides is 1. The number of nitrogens with zero attached hydrogens (tertiary/aromatic N) is 1. The normalized spacial score (nSPS) is 20.4. The van der Waals surface area contributed by atoms with Gasteiger partial charge < -0.3 is 10.0 Å². The summed E-state index contributed by atoms with van der Waals surface area (Å²) in [7, 11) is 0. The number of hydrogen-bond acceptors (Lipinski definition) is 2. The third kappa shape index (κ3) is 3.30. The molecule has 92 valence electrons. The highest BCUT2D eigenvalue weighted by molar-refractivity contribution is 5.79. The molecule has 1 N–H and O–H groups in total. The molecule has 1 fully saturated rings. The molecular weight excluding hydrogens is 214 g/mol. The van der Waals surface area contributed by atoms with E-state index in [1.165, 1.54) is 5.56 Å². The number of hydrogen-bond donors (Lipinski definition) is 1. The Morgan fingerprint density at radius 1 is 1.53 bits per heavy atom. The van der Waals surface area contributed by atoms with Crippen LogP contribution < -0.4 is 0 Å². The molecule has 0 radical (unpaired) electrons. The molecule has 0 aliphatic carbocycles. The molecule has 17 heavy (non-hydrogen) atoms. The monoisotopic (exact) mass is 233 g/mol. The van der Waals surface area contributed by atoms with Gasteiger partial charge in [0.1, 0.15) is 0 Å². The van der Waals surface area contributed by atoms with Gasteiger partial charge in [0.15, 0.2) is 0 Å². The van der Waals surface area contributed by atoms with Crippen LogP contribution in [0.5, 0.6) is 0 Å². The average molecular weight is 233 g/mol. The standard InChI is InChI=1S/C14H19NO2/c1-11-4-2-5-12(8-11)9-14(17)15-7-3-6-13(16)10-15/h2,4-5,8,13,16H,3,6-7,9-10H2,1H3. The van der Waals surface area contributed by atoms with Gasteiger partial charge in [-0.3, -0.25) is 4.79 Å². The second-order valence-corrected chi connectivity index (χ2v) is 4.80. The number of aliphatic hydroxyl groups is 1. The highest BCUT2D eigenvalue weighted by Crippen LogP contribution is 2.12. The van der Waals surface area contributed by atoms with E-state index in [4.69, 9.17) is 0 Å². The number of aliphatic hydroxyl groups excluding tert-OH is 1. The van der Waals surface area contributed by atoms with Crippen LogP contribution in [0.15, 0.2) is 24.3 Å². The average Bonchev–Trinajstić information content (AvgIpc) is 2.29. The number of carbonyl (C=O) groups excluding carboxylic acids is 1. The maximum atomic E-state index is 12.0. The van der Waals surface area contributed by atoms with Crippen LogP contribution in [0.25, 0.3) is 0 Å². The number of piperidine rings is 1. The van der Waals surface area contributed by atoms with E-state index in [2.05, 4.69) is 0 Å². The Hall–Kier alpha value is -1.35. The number of aryl methyl sites for hydroxylation is 1. The SMILES string of the molecule is Cc1cccc(CC(=O)N2CCCC(O)C2)c1. The van der Waals surface area contributed by atoms with Crippen molar-refractivity contribution >= 4 is 5.91 Å². The molecule has 1 unspecified atom stereocenters. The number of carbonyl (C=O) groups is 1. The van der Waals surface area contributed by atoms with Crippen LogP contribution in [0.4, 0.5) is 0 Å². The largest absolute Gasteiger partial charge is 0.391 e. The molecule has 3 heteroatoms. The van der Waals surface area contributed by atoms with Crippen molar-refractivity contribution < 1.29 is 9.90 Å². The van der Waals surface area contributed by atoms with Crippen molar-refractivity contribution in [2.24, 2.45) is 0 Å². The van der Waals surface area contributed by atoms with Gasteiger partial charge in [-0.2, -0.15) is 0 Å². The molecule has 1 amide bonds. The highest BCUT2D eigenvalue weighted by Gasteiger charge is 2.21. The van der Waals surface area contributed by atoms with Crippen LogP contribution in [0, 0.1) is 6.92 Å². The fraction of sp³-hybridized carbons (Fsp3) is 0.500. The molecule has 1 saturated heterocycles. The van der Waals surface area contributed by atoms with Crippen molar-refractivity contribution in [3.05, 3.63) is 35.4 Å². The second kappa shape index (κ2) is 5.32. The van der Waals surface area contributed by atoms with Gasteiger partial charge in [-0.15, -0.1) is 0 Å². The van der Waals surface area contributed by atoms with Crippen molar-refractivity contribution in [3.63, 3.8) is 0 Å². The lowest BCUT2D eigenvalue weighted by Crippen LogP contribution is -2.42. The summed E-state index contributed by atoms with van der Waals surface area (Å²) in [5.41, 5.74) is 2.23. The van der Waals surface area contributed by atoms with E-state index >= 15 is 0 Å². The van der Waals surface area contributed by atoms with E-state index < -0.39 is 0 Å². The van der Waals surface area contributed by atoms with Crippen LogP contribution in [-0.4, -0.2) is 35.1 Å². The van der Waals surface area contributed by atoms with Crippen molar-refractivity contribution in [1.82, 2.24) is 4.90 Å². The predicted octanol–water partition coefficient (Wildman–Crippen LogP) is 1.52. The second-order valence-electron chi connectivity index (χ2n) is 4.80. The number of rotatable bonds is 2. The van der Waals surface area contributed by atoms with Gasteiger partial charge in [-0.05, 0) is 25.3 Å². The Morgan fingerprint density at radius 3 is 3.06 bits per heavy atom. The van der Waals surface area contributed by atoms with Gasteiger partial charge in [0.2, 0.25) is 5.91 Å². The molecule has 1 aliphatic heterocycles. The minimum absolute atomic E-state index is 0.120. The van der Waals surface area contributed by atoms with Gasteiger partial charge in [-0.1, -0.05) is 29.8 Å². The summed E-state index contributed by atoms with van der Waals surface area (Å²) in [6.07, 6.45) is 1.81. The molecule has 3 nitrogen and oxygen atoms in total. The first-order valence-electron chi connectivity index (χ1n) is 6.16. The molecule has 0 bridgehead atoms. The van der Waals surface area contributed by atoms with Crippen molar-refractivity contribution in [1.29, 1.82) is 0 Å². The van der Waals surface area contributed by atoms with E-state index in [0.29, 0.717) is 13.0 Å². The molecular formula is C14H19NO2. The van der Waals surface area contributed by atoms with Crippen molar-refractivity contribution in [3.8, 4) is 0 Å². The Labute approximate surface area is 102 Å². The summed E-state index contributed by atoms with van der Waals surface area (Å²) >= 11 is 0. The molecule has 2 rings (SSSR count). The summed E-state index contributed by atoms with van der Waals surface area (Å²) in [5.74, 6) is 0.120. The Morgan fingerprint density at radius 2 is 2.35 bits per heavy atom. The van der Waals surface area contributed by atoms with E-state index in [-0.39, 0.29) is 12.0 Å². The summed E-state index contributed by atoms with van der Waals surface area (Å²) in [4.78, 5) is 13.8. The lowest BCUT2D eigenvalue weighted by molar-refractivity contribution is -0.133. The quantitative estimate of drug-likeness (QED) is 0.841. The minimum atomic E-state index is -0.342. The van der Waals surface area contributed by atoms with Crippen LogP contribution >= 0.6 is 0 Å². The zero-order valence-corrected chi connectivity index (χ0v) is 10.2. The van der Waals surface area contributed by atoms with Gasteiger partial charge in [0.25, 0.3) is 0 Å². The van der Waals surface area contributed by atoms with Crippen LogP contribution in [0.1, 0.15) is 24.0 Å². The van der Waals surface area contributed by atoms with E-state index in [0.717, 1.165) is 24.9 Å². The maximum absolute atomic E-state index is 12.0. The fourth-order valence-corrected chi connectivity index (χ4v) is 2.29. The third-order valence-corrected chi connectivity index (χ3v) is 3.19. The van der Waals surface area contributed by atoms with Gasteiger partial charge in [0, 0.05) is 13.1 Å². The molecule has 1 atom stereocenters. The van der Waals surface area contributed by atoms with E-state index in [1.807, 2.05) is 31.2 Å². The summed E-state index contributed by atoms with van der Waals surface area (Å²) in [6, 6.07) is 8.02. The summed E-state index contributed by atoms with van der Waals surface area (Å²) < 4.78 is 0. The van der Waals surface area contributed by atoms with Gasteiger partial charge in [0.05, 0.1) is 12.5 Å². The maximum Gasteiger partial charge on any atom is 0.227 e. The van der Waals surface area contributed by atoms with E-state index in [9.17, 15) is 9.90 Å². The Bertz CT molecular complexity index is 403. The smallest absolute Gasteiger partial charge is 0.227 e. The van der Waals surface area contributed by atoms with Gasteiger partial charge >= 0.3 is 0 Å². The molecule has 1 aromatic rings. The Balaban J connectivity index is 1.96. The first-order valence-corrected chi connectivity index (χ1v) is 6.16. The summed E-state index contributed by atoms with van der Waals surface area (Å²) in [6.45, 7) is 3.30. The molecule has 1 heterocycles. The first-order chi connectivity index (χ1) is 8.15. The van der Waals surface area contributed by atoms with Crippen LogP contribution in [0.3, 0.4) is 0 Å². The molecule has 0 spiro atoms. The Kier molecular flexibility index (Phi) is 3.79. The summed E-state index contributed by atoms with van der Waals surface area (Å²) in [5, 5.41) is 9.54. The number of β-amino-alcohol motifs (C(OH)–C–C–N with tert-alkyl or cyclic N) is 1. The molecule has 0 saturated carbocycles. The lowest BCUT2D eigenvalue weighted by atomic mass is 10.1. The molecule has 1 aromatic carbocycles. The van der Waals surface area contributed by atoms with Crippen LogP contribution in [-0.2, 0) is 11.2 Å². The minimum Gasteiger partial charge on any atom is -0.391 e. The topological polar surface area (TPSA) is 40.5 Å². The number of benzene rings is 1. The fourth-order valence-electron chi connectivity index (χ4n) is 2.29. The zero-order chi connectivity index (χ0) is 12.3. The third-order valence-electron chi connectivity index (χ3n) is 3.19. The van der Waals surface area contributed by atoms with Crippen LogP contribution in [0.2, 0.25) is 0 Å². The highest BCUT2D eigenvalue weighted by atomic mass is 16.3.